The van der Waals surface area contributed by atoms with Crippen LogP contribution >= 0.6 is 11.6 Å². The van der Waals surface area contributed by atoms with E-state index in [2.05, 4.69) is 4.98 Å². The van der Waals surface area contributed by atoms with Gasteiger partial charge in [-0.1, -0.05) is 11.6 Å². The molecular formula is C13H18ClF3N4O2S. The Hall–Kier alpha value is -1.10. The van der Waals surface area contributed by atoms with Gasteiger partial charge in [-0.05, 0) is 12.5 Å². The lowest BCUT2D eigenvalue weighted by Gasteiger charge is -2.25. The molecule has 1 aliphatic heterocycles. The fourth-order valence-corrected chi connectivity index (χ4v) is 3.81. The maximum atomic E-state index is 12.7. The second kappa shape index (κ2) is 7.03. The molecule has 1 aliphatic rings. The van der Waals surface area contributed by atoms with Crippen LogP contribution in [0.25, 0.3) is 0 Å². The van der Waals surface area contributed by atoms with E-state index in [-0.39, 0.29) is 17.4 Å². The molecule has 0 aliphatic carbocycles. The minimum absolute atomic E-state index is 0.103. The Morgan fingerprint density at radius 2 is 1.88 bits per heavy atom. The number of hydrogen-bond acceptors (Lipinski definition) is 4. The highest BCUT2D eigenvalue weighted by molar-refractivity contribution is 7.86. The van der Waals surface area contributed by atoms with Crippen LogP contribution < -0.4 is 4.90 Å². The molecule has 0 radical (unpaired) electrons. The van der Waals surface area contributed by atoms with Gasteiger partial charge in [0, 0.05) is 46.5 Å². The monoisotopic (exact) mass is 386 g/mol. The van der Waals surface area contributed by atoms with Crippen molar-refractivity contribution in [2.24, 2.45) is 0 Å². The van der Waals surface area contributed by atoms with Crippen LogP contribution in [-0.4, -0.2) is 62.3 Å². The van der Waals surface area contributed by atoms with E-state index in [1.165, 1.54) is 18.4 Å². The van der Waals surface area contributed by atoms with Crippen molar-refractivity contribution in [3.63, 3.8) is 0 Å². The molecule has 0 amide bonds. The zero-order valence-electron chi connectivity index (χ0n) is 13.2. The number of hydrogen-bond donors (Lipinski definition) is 0. The number of pyridine rings is 1. The molecule has 0 N–H and O–H groups in total. The maximum Gasteiger partial charge on any atom is 0.417 e. The van der Waals surface area contributed by atoms with Crippen molar-refractivity contribution >= 4 is 27.6 Å². The van der Waals surface area contributed by atoms with Gasteiger partial charge in [0.25, 0.3) is 10.2 Å². The standard InChI is InChI=1S/C13H18ClF3N4O2S/c1-19(2)24(22,23)21-5-3-4-20(6-7-21)12-11(14)8-10(9-18-12)13(15,16)17/h8-9H,3-7H2,1-2H3. The molecule has 1 aromatic rings. The van der Waals surface area contributed by atoms with Crippen molar-refractivity contribution in [3.05, 3.63) is 22.8 Å². The predicted octanol–water partition coefficient (Wildman–Crippen LogP) is 2.07. The summed E-state index contributed by atoms with van der Waals surface area (Å²) in [5, 5.41) is -0.103. The predicted molar refractivity (Wildman–Crippen MR) is 85.3 cm³/mol. The van der Waals surface area contributed by atoms with Gasteiger partial charge in [0.05, 0.1) is 10.6 Å². The Morgan fingerprint density at radius 1 is 1.21 bits per heavy atom. The van der Waals surface area contributed by atoms with Crippen molar-refractivity contribution in [2.75, 3.05) is 45.2 Å². The summed E-state index contributed by atoms with van der Waals surface area (Å²) in [4.78, 5) is 5.53. The lowest BCUT2D eigenvalue weighted by atomic mass is 10.2. The molecule has 136 valence electrons. The van der Waals surface area contributed by atoms with Gasteiger partial charge in [-0.25, -0.2) is 4.98 Å². The van der Waals surface area contributed by atoms with Gasteiger partial charge in [-0.3, -0.25) is 0 Å². The van der Waals surface area contributed by atoms with Crippen molar-refractivity contribution in [1.29, 1.82) is 0 Å². The molecule has 0 bridgehead atoms. The lowest BCUT2D eigenvalue weighted by molar-refractivity contribution is -0.137. The number of alkyl halides is 3. The Labute approximate surface area is 144 Å². The minimum atomic E-state index is -4.51. The normalized spacial score (nSPS) is 18.0. The summed E-state index contributed by atoms with van der Waals surface area (Å²) in [6, 6.07) is 0.836. The van der Waals surface area contributed by atoms with Gasteiger partial charge < -0.3 is 4.90 Å². The number of rotatable bonds is 3. The first-order valence-electron chi connectivity index (χ1n) is 7.19. The summed E-state index contributed by atoms with van der Waals surface area (Å²) in [6.07, 6.45) is -3.25. The fourth-order valence-electron chi connectivity index (χ4n) is 2.39. The smallest absolute Gasteiger partial charge is 0.354 e. The summed E-state index contributed by atoms with van der Waals surface area (Å²) in [6.45, 7) is 1.29. The molecule has 2 rings (SSSR count). The zero-order valence-corrected chi connectivity index (χ0v) is 14.8. The molecule has 6 nitrogen and oxygen atoms in total. The summed E-state index contributed by atoms with van der Waals surface area (Å²) in [7, 11) is -0.626. The van der Waals surface area contributed by atoms with E-state index in [4.69, 9.17) is 11.6 Å². The highest BCUT2D eigenvalue weighted by Crippen LogP contribution is 2.33. The first-order valence-corrected chi connectivity index (χ1v) is 8.96. The van der Waals surface area contributed by atoms with E-state index in [1.54, 1.807) is 4.90 Å². The van der Waals surface area contributed by atoms with Crippen LogP contribution in [0.2, 0.25) is 5.02 Å². The molecule has 11 heteroatoms. The Balaban J connectivity index is 2.18. The van der Waals surface area contributed by atoms with Gasteiger partial charge >= 0.3 is 6.18 Å². The van der Waals surface area contributed by atoms with Crippen molar-refractivity contribution < 1.29 is 21.6 Å². The molecule has 0 unspecified atom stereocenters. The van der Waals surface area contributed by atoms with Crippen LogP contribution in [-0.2, 0) is 16.4 Å². The highest BCUT2D eigenvalue weighted by Gasteiger charge is 2.33. The fraction of sp³-hybridized carbons (Fsp3) is 0.615. The van der Waals surface area contributed by atoms with Crippen LogP contribution in [0.3, 0.4) is 0 Å². The van der Waals surface area contributed by atoms with E-state index >= 15 is 0 Å². The van der Waals surface area contributed by atoms with E-state index in [0.29, 0.717) is 26.1 Å². The van der Waals surface area contributed by atoms with Crippen LogP contribution in [0.1, 0.15) is 12.0 Å². The molecule has 0 aromatic carbocycles. The second-order valence-corrected chi connectivity index (χ2v) is 8.11. The average Bonchev–Trinajstić information content (AvgIpc) is 2.72. The number of nitrogens with zero attached hydrogens (tertiary/aromatic N) is 4. The summed E-state index contributed by atoms with van der Waals surface area (Å²) < 4.78 is 64.8. The maximum absolute atomic E-state index is 12.7. The van der Waals surface area contributed by atoms with Gasteiger partial charge in [0.2, 0.25) is 0 Å². The van der Waals surface area contributed by atoms with Crippen LogP contribution in [0, 0.1) is 0 Å². The first kappa shape index (κ1) is 19.2. The molecule has 2 heterocycles. The summed E-state index contributed by atoms with van der Waals surface area (Å²) in [5.41, 5.74) is -0.914. The third kappa shape index (κ3) is 4.11. The van der Waals surface area contributed by atoms with E-state index in [0.717, 1.165) is 16.6 Å². The molecular weight excluding hydrogens is 369 g/mol. The molecule has 0 saturated carbocycles. The van der Waals surface area contributed by atoms with E-state index in [1.807, 2.05) is 0 Å². The molecule has 1 fully saturated rings. The zero-order chi connectivity index (χ0) is 18.1. The minimum Gasteiger partial charge on any atom is -0.354 e. The van der Waals surface area contributed by atoms with Gasteiger partial charge in [-0.15, -0.1) is 0 Å². The van der Waals surface area contributed by atoms with Crippen molar-refractivity contribution in [2.45, 2.75) is 12.6 Å². The van der Waals surface area contributed by atoms with E-state index in [9.17, 15) is 21.6 Å². The SMILES string of the molecule is CN(C)S(=O)(=O)N1CCCN(c2ncc(C(F)(F)F)cc2Cl)CC1. The van der Waals surface area contributed by atoms with Crippen molar-refractivity contribution in [3.8, 4) is 0 Å². The topological polar surface area (TPSA) is 56.8 Å². The quantitative estimate of drug-likeness (QED) is 0.798. The average molecular weight is 387 g/mol. The molecule has 0 atom stereocenters. The number of halogens is 4. The third-order valence-corrected chi connectivity index (χ3v) is 5.91. The summed E-state index contributed by atoms with van der Waals surface area (Å²) >= 11 is 5.95. The number of anilines is 1. The van der Waals surface area contributed by atoms with Crippen LogP contribution in [0.15, 0.2) is 12.3 Å². The van der Waals surface area contributed by atoms with Gasteiger partial charge in [-0.2, -0.15) is 30.2 Å². The Kier molecular flexibility index (Phi) is 5.63. The summed E-state index contributed by atoms with van der Waals surface area (Å²) in [5.74, 6) is 0.230. The molecule has 0 spiro atoms. The third-order valence-electron chi connectivity index (χ3n) is 3.69. The van der Waals surface area contributed by atoms with Crippen molar-refractivity contribution in [1.82, 2.24) is 13.6 Å². The first-order chi connectivity index (χ1) is 11.0. The lowest BCUT2D eigenvalue weighted by Crippen LogP contribution is -2.42. The van der Waals surface area contributed by atoms with Crippen LogP contribution in [0.4, 0.5) is 19.0 Å². The number of aromatic nitrogens is 1. The molecule has 24 heavy (non-hydrogen) atoms. The Morgan fingerprint density at radius 3 is 2.42 bits per heavy atom. The van der Waals surface area contributed by atoms with Gasteiger partial charge in [0.15, 0.2) is 0 Å². The highest BCUT2D eigenvalue weighted by atomic mass is 35.5. The largest absolute Gasteiger partial charge is 0.417 e. The molecule has 1 saturated heterocycles. The molecule has 1 aromatic heterocycles. The Bertz CT molecular complexity index is 697. The van der Waals surface area contributed by atoms with Gasteiger partial charge in [0.1, 0.15) is 5.82 Å². The second-order valence-electron chi connectivity index (χ2n) is 5.56. The van der Waals surface area contributed by atoms with Crippen LogP contribution in [0.5, 0.6) is 0 Å². The van der Waals surface area contributed by atoms with E-state index < -0.39 is 21.9 Å².